The summed E-state index contributed by atoms with van der Waals surface area (Å²) in [7, 11) is -1.22. The van der Waals surface area contributed by atoms with Gasteiger partial charge in [0, 0.05) is 65.9 Å². The van der Waals surface area contributed by atoms with E-state index in [2.05, 4.69) is 49.0 Å². The van der Waals surface area contributed by atoms with Crippen molar-refractivity contribution in [1.82, 2.24) is 14.5 Å². The quantitative estimate of drug-likeness (QED) is 0.111. The van der Waals surface area contributed by atoms with Gasteiger partial charge in [-0.1, -0.05) is 46.2 Å². The summed E-state index contributed by atoms with van der Waals surface area (Å²) >= 11 is 0. The number of ether oxygens (including phenoxy) is 2. The molecule has 1 atom stereocenters. The van der Waals surface area contributed by atoms with Crippen molar-refractivity contribution in [2.75, 3.05) is 43.1 Å². The van der Waals surface area contributed by atoms with Crippen molar-refractivity contribution >= 4 is 34.3 Å². The number of hydrogen-bond acceptors (Lipinski definition) is 7. The molecular formula is C40H51N5O4S. The Morgan fingerprint density at radius 1 is 0.980 bits per heavy atom. The molecule has 0 fully saturated rings. The molecule has 1 amide bonds. The van der Waals surface area contributed by atoms with Crippen LogP contribution >= 0.6 is 0 Å². The molecule has 0 bridgehead atoms. The smallest absolute Gasteiger partial charge is 0.251 e. The van der Waals surface area contributed by atoms with E-state index in [1.807, 2.05) is 65.4 Å². The first-order chi connectivity index (χ1) is 24.3. The molecule has 0 saturated heterocycles. The Morgan fingerprint density at radius 3 is 2.52 bits per heavy atom. The van der Waals surface area contributed by atoms with Crippen LogP contribution in [0.15, 0.2) is 83.8 Å². The fourth-order valence-electron chi connectivity index (χ4n) is 5.97. The lowest BCUT2D eigenvalue weighted by molar-refractivity contribution is -0.112. The number of unbranched alkanes of at least 4 members (excludes halogenated alkanes) is 1. The highest BCUT2D eigenvalue weighted by atomic mass is 32.2. The summed E-state index contributed by atoms with van der Waals surface area (Å²) in [5.74, 6) is 2.41. The molecule has 0 unspecified atom stereocenters. The molecule has 3 heterocycles. The maximum absolute atomic E-state index is 13.7. The summed E-state index contributed by atoms with van der Waals surface area (Å²) in [5.41, 5.74) is 5.24. The number of fused-ring (bicyclic) bond motifs is 1. The van der Waals surface area contributed by atoms with Gasteiger partial charge in [-0.25, -0.2) is 9.97 Å². The minimum atomic E-state index is -1.22. The number of hydrogen-bond donors (Lipinski definition) is 1. The highest BCUT2D eigenvalue weighted by Gasteiger charge is 2.21. The molecule has 2 aromatic heterocycles. The number of nitrogens with zero attached hydrogens (tertiary/aromatic N) is 4. The minimum Gasteiger partial charge on any atom is -0.491 e. The first-order valence-electron chi connectivity index (χ1n) is 17.9. The predicted octanol–water partition coefficient (Wildman–Crippen LogP) is 8.14. The molecule has 266 valence electrons. The number of nitrogens with one attached hydrogen (secondary N) is 1. The van der Waals surface area contributed by atoms with E-state index in [-0.39, 0.29) is 5.91 Å². The zero-order valence-electron chi connectivity index (χ0n) is 29.9. The number of pyridine rings is 1. The van der Waals surface area contributed by atoms with E-state index in [9.17, 15) is 9.00 Å². The summed E-state index contributed by atoms with van der Waals surface area (Å²) < 4.78 is 26.6. The van der Waals surface area contributed by atoms with E-state index in [0.29, 0.717) is 47.5 Å². The van der Waals surface area contributed by atoms with Gasteiger partial charge >= 0.3 is 0 Å². The second-order valence-electron chi connectivity index (χ2n) is 13.1. The largest absolute Gasteiger partial charge is 0.491 e. The SMILES string of the molecule is CCCCOCCOc1ccc(-c2cnc3c(c2)/C=C(/C(=O)Nc2ccc([S@@](=O)Cc4cncn4CCC)cc2)CCCN3CC(C)C)cc1. The zero-order valence-corrected chi connectivity index (χ0v) is 30.7. The van der Waals surface area contributed by atoms with Crippen LogP contribution in [0.1, 0.15) is 71.1 Å². The standard InChI is InChI=1S/C40H51N5O4S/c1-5-7-20-48-21-22-49-37-14-10-31(11-15-37)34-24-33-23-32(9-8-19-44(27-30(3)4)39(33)42-25-34)40(46)43-35-12-16-38(17-13-35)50(47)28-36-26-41-29-45(36)18-6-2/h10-17,23-26,29-30H,5-9,18-22,27-28H2,1-4H3,(H,43,46)/b32-23+/t50-/m0/s1. The monoisotopic (exact) mass is 697 g/mol. The first kappa shape index (κ1) is 37.0. The van der Waals surface area contributed by atoms with Crippen LogP contribution in [0.4, 0.5) is 11.5 Å². The lowest BCUT2D eigenvalue weighted by Crippen LogP contribution is -2.31. The number of carbonyl (C=O) groups excluding carboxylic acids is 1. The fraction of sp³-hybridized carbons (Fsp3) is 0.425. The van der Waals surface area contributed by atoms with Crippen LogP contribution in [0.3, 0.4) is 0 Å². The fourth-order valence-corrected chi connectivity index (χ4v) is 7.08. The average molecular weight is 698 g/mol. The normalized spacial score (nSPS) is 14.7. The molecule has 0 radical (unpaired) electrons. The summed E-state index contributed by atoms with van der Waals surface area (Å²) in [6.07, 6.45) is 12.1. The van der Waals surface area contributed by atoms with Gasteiger partial charge < -0.3 is 24.3 Å². The first-order valence-corrected chi connectivity index (χ1v) is 19.2. The number of aryl methyl sites for hydroxylation is 1. The third-order valence-corrected chi connectivity index (χ3v) is 9.87. The van der Waals surface area contributed by atoms with E-state index in [1.54, 1.807) is 12.5 Å². The van der Waals surface area contributed by atoms with Crippen LogP contribution in [-0.4, -0.2) is 57.6 Å². The molecule has 0 spiro atoms. The number of aromatic nitrogens is 3. The Labute approximate surface area is 299 Å². The third kappa shape index (κ3) is 10.4. The van der Waals surface area contributed by atoms with E-state index in [4.69, 9.17) is 14.5 Å². The van der Waals surface area contributed by atoms with Crippen LogP contribution in [0.5, 0.6) is 5.75 Å². The lowest BCUT2D eigenvalue weighted by atomic mass is 9.99. The summed E-state index contributed by atoms with van der Waals surface area (Å²) in [6.45, 7) is 13.1. The molecule has 1 N–H and O–H groups in total. The van der Waals surface area contributed by atoms with Crippen molar-refractivity contribution in [3.63, 3.8) is 0 Å². The number of amides is 1. The van der Waals surface area contributed by atoms with Crippen molar-refractivity contribution in [1.29, 1.82) is 0 Å². The van der Waals surface area contributed by atoms with Gasteiger partial charge in [-0.15, -0.1) is 0 Å². The molecule has 4 aromatic rings. The van der Waals surface area contributed by atoms with Gasteiger partial charge in [-0.3, -0.25) is 9.00 Å². The van der Waals surface area contributed by atoms with Gasteiger partial charge in [0.25, 0.3) is 5.91 Å². The minimum absolute atomic E-state index is 0.142. The predicted molar refractivity (Wildman–Crippen MR) is 203 cm³/mol. The summed E-state index contributed by atoms with van der Waals surface area (Å²) in [5, 5.41) is 3.08. The molecule has 10 heteroatoms. The second-order valence-corrected chi connectivity index (χ2v) is 14.6. The molecule has 1 aliphatic heterocycles. The van der Waals surface area contributed by atoms with Gasteiger partial charge in [0.05, 0.1) is 35.2 Å². The van der Waals surface area contributed by atoms with Gasteiger partial charge in [-0.05, 0) is 85.7 Å². The van der Waals surface area contributed by atoms with E-state index in [0.717, 1.165) is 85.9 Å². The van der Waals surface area contributed by atoms with E-state index in [1.165, 1.54) is 0 Å². The van der Waals surface area contributed by atoms with Crippen LogP contribution in [0, 0.1) is 5.92 Å². The highest BCUT2D eigenvalue weighted by molar-refractivity contribution is 7.84. The van der Waals surface area contributed by atoms with Gasteiger partial charge in [-0.2, -0.15) is 0 Å². The molecule has 0 saturated carbocycles. The number of anilines is 2. The Morgan fingerprint density at radius 2 is 1.78 bits per heavy atom. The maximum atomic E-state index is 13.7. The Hall–Kier alpha value is -4.28. The van der Waals surface area contributed by atoms with Crippen LogP contribution in [0.25, 0.3) is 17.2 Å². The van der Waals surface area contributed by atoms with E-state index < -0.39 is 10.8 Å². The number of imidazole rings is 1. The highest BCUT2D eigenvalue weighted by Crippen LogP contribution is 2.31. The van der Waals surface area contributed by atoms with Gasteiger partial charge in [0.1, 0.15) is 18.2 Å². The van der Waals surface area contributed by atoms with Crippen molar-refractivity contribution in [2.45, 2.75) is 77.0 Å². The van der Waals surface area contributed by atoms with Gasteiger partial charge in [0.2, 0.25) is 0 Å². The zero-order chi connectivity index (χ0) is 35.3. The molecule has 1 aliphatic rings. The van der Waals surface area contributed by atoms with E-state index >= 15 is 0 Å². The number of benzene rings is 2. The van der Waals surface area contributed by atoms with Crippen LogP contribution < -0.4 is 15.0 Å². The number of carbonyl (C=O) groups is 1. The molecule has 0 aliphatic carbocycles. The van der Waals surface area contributed by atoms with Crippen molar-refractivity contribution in [3.05, 3.63) is 90.1 Å². The van der Waals surface area contributed by atoms with Crippen molar-refractivity contribution in [2.24, 2.45) is 5.92 Å². The summed E-state index contributed by atoms with van der Waals surface area (Å²) in [6, 6.07) is 17.4. The van der Waals surface area contributed by atoms with Crippen LogP contribution in [-0.2, 0) is 32.6 Å². The topological polar surface area (TPSA) is 98.6 Å². The lowest BCUT2D eigenvalue weighted by Gasteiger charge is -2.29. The Kier molecular flexibility index (Phi) is 13.8. The van der Waals surface area contributed by atoms with Gasteiger partial charge in [0.15, 0.2) is 0 Å². The third-order valence-electron chi connectivity index (χ3n) is 8.52. The van der Waals surface area contributed by atoms with Crippen molar-refractivity contribution < 1.29 is 18.5 Å². The maximum Gasteiger partial charge on any atom is 0.251 e. The molecule has 9 nitrogen and oxygen atoms in total. The number of rotatable bonds is 17. The van der Waals surface area contributed by atoms with Crippen LogP contribution in [0.2, 0.25) is 0 Å². The second kappa shape index (κ2) is 18.6. The molecule has 2 aromatic carbocycles. The molecule has 50 heavy (non-hydrogen) atoms. The summed E-state index contributed by atoms with van der Waals surface area (Å²) in [4.78, 5) is 25.9. The Balaban J connectivity index is 1.30. The van der Waals surface area contributed by atoms with Crippen molar-refractivity contribution in [3.8, 4) is 16.9 Å². The molecular weight excluding hydrogens is 647 g/mol. The molecule has 5 rings (SSSR count). The Bertz CT molecular complexity index is 1730. The average Bonchev–Trinajstić information content (AvgIpc) is 3.54.